The normalized spacial score (nSPS) is 10.1. The van der Waals surface area contributed by atoms with Gasteiger partial charge < -0.3 is 15.4 Å². The topological polar surface area (TPSA) is 67.4 Å². The van der Waals surface area contributed by atoms with E-state index in [1.807, 2.05) is 12.1 Å². The van der Waals surface area contributed by atoms with Gasteiger partial charge in [-0.3, -0.25) is 9.59 Å². The lowest BCUT2D eigenvalue weighted by atomic mass is 10.1. The molecule has 0 atom stereocenters. The Balaban J connectivity index is 1.66. The average molecular weight is 381 g/mol. The van der Waals surface area contributed by atoms with Crippen molar-refractivity contribution in [3.05, 3.63) is 88.9 Å². The van der Waals surface area contributed by atoms with Gasteiger partial charge in [0.05, 0.1) is 12.8 Å². The Morgan fingerprint density at radius 1 is 0.778 bits per heavy atom. The fourth-order valence-corrected chi connectivity index (χ4v) is 2.58. The van der Waals surface area contributed by atoms with Crippen molar-refractivity contribution >= 4 is 34.8 Å². The predicted octanol–water partition coefficient (Wildman–Crippen LogP) is 4.85. The predicted molar refractivity (Wildman–Crippen MR) is 107 cm³/mol. The summed E-state index contributed by atoms with van der Waals surface area (Å²) < 4.78 is 5.22. The first-order valence-electron chi connectivity index (χ1n) is 8.18. The van der Waals surface area contributed by atoms with Gasteiger partial charge in [0.2, 0.25) is 0 Å². The minimum Gasteiger partial charge on any atom is -0.495 e. The van der Waals surface area contributed by atoms with E-state index >= 15 is 0 Å². The molecule has 3 aromatic rings. The number of hydrogen-bond acceptors (Lipinski definition) is 3. The number of nitrogens with one attached hydrogen (secondary N) is 2. The van der Waals surface area contributed by atoms with Crippen molar-refractivity contribution in [2.24, 2.45) is 0 Å². The van der Waals surface area contributed by atoms with Gasteiger partial charge >= 0.3 is 0 Å². The summed E-state index contributed by atoms with van der Waals surface area (Å²) in [6, 6.07) is 20.4. The van der Waals surface area contributed by atoms with Crippen LogP contribution in [0.4, 0.5) is 11.4 Å². The second-order valence-corrected chi connectivity index (χ2v) is 6.13. The van der Waals surface area contributed by atoms with Crippen LogP contribution in [0.15, 0.2) is 72.8 Å². The van der Waals surface area contributed by atoms with Crippen molar-refractivity contribution in [2.75, 3.05) is 17.7 Å². The lowest BCUT2D eigenvalue weighted by Crippen LogP contribution is -2.14. The Labute approximate surface area is 161 Å². The van der Waals surface area contributed by atoms with E-state index < -0.39 is 0 Å². The van der Waals surface area contributed by atoms with Crippen LogP contribution in [0.1, 0.15) is 20.7 Å². The van der Waals surface area contributed by atoms with E-state index in [0.717, 1.165) is 0 Å². The highest BCUT2D eigenvalue weighted by molar-refractivity contribution is 6.30. The highest BCUT2D eigenvalue weighted by atomic mass is 35.5. The molecule has 2 amide bonds. The molecule has 0 aromatic heterocycles. The van der Waals surface area contributed by atoms with E-state index in [1.54, 1.807) is 67.8 Å². The van der Waals surface area contributed by atoms with Gasteiger partial charge in [-0.25, -0.2) is 0 Å². The summed E-state index contributed by atoms with van der Waals surface area (Å²) >= 11 is 5.82. The van der Waals surface area contributed by atoms with Crippen LogP contribution in [-0.2, 0) is 0 Å². The van der Waals surface area contributed by atoms with Gasteiger partial charge in [-0.15, -0.1) is 0 Å². The maximum absolute atomic E-state index is 12.4. The molecular weight excluding hydrogens is 364 g/mol. The number of rotatable bonds is 5. The third-order valence-corrected chi connectivity index (χ3v) is 4.12. The summed E-state index contributed by atoms with van der Waals surface area (Å²) in [5, 5.41) is 6.15. The Morgan fingerprint density at radius 2 is 1.33 bits per heavy atom. The number of para-hydroxylation sites is 2. The van der Waals surface area contributed by atoms with Gasteiger partial charge in [0.1, 0.15) is 5.75 Å². The molecule has 0 fully saturated rings. The van der Waals surface area contributed by atoms with E-state index in [4.69, 9.17) is 16.3 Å². The van der Waals surface area contributed by atoms with Gasteiger partial charge in [0.15, 0.2) is 0 Å². The molecule has 0 radical (unpaired) electrons. The first kappa shape index (κ1) is 18.5. The van der Waals surface area contributed by atoms with Gasteiger partial charge in [0, 0.05) is 21.8 Å². The van der Waals surface area contributed by atoms with Crippen LogP contribution in [0.5, 0.6) is 5.75 Å². The van der Waals surface area contributed by atoms with Crippen LogP contribution >= 0.6 is 11.6 Å². The molecule has 0 unspecified atom stereocenters. The SMILES string of the molecule is COc1ccccc1NC(=O)c1ccc(NC(=O)c2ccc(Cl)cc2)cc1. The smallest absolute Gasteiger partial charge is 0.255 e. The molecule has 0 saturated heterocycles. The van der Waals surface area contributed by atoms with Gasteiger partial charge in [-0.2, -0.15) is 0 Å². The standard InChI is InChI=1S/C21H17ClN2O3/c1-27-19-5-3-2-4-18(19)24-21(26)15-8-12-17(13-9-15)23-20(25)14-6-10-16(22)11-7-14/h2-13H,1H3,(H,23,25)(H,24,26). The third kappa shape index (κ3) is 4.65. The number of anilines is 2. The van der Waals surface area contributed by atoms with Crippen molar-refractivity contribution in [3.63, 3.8) is 0 Å². The maximum Gasteiger partial charge on any atom is 0.255 e. The molecule has 0 spiro atoms. The van der Waals surface area contributed by atoms with E-state index in [0.29, 0.717) is 33.3 Å². The second kappa shape index (κ2) is 8.38. The summed E-state index contributed by atoms with van der Waals surface area (Å²) in [4.78, 5) is 24.6. The summed E-state index contributed by atoms with van der Waals surface area (Å²) in [5.74, 6) is 0.0608. The summed E-state index contributed by atoms with van der Waals surface area (Å²) in [7, 11) is 1.54. The van der Waals surface area contributed by atoms with E-state index in [2.05, 4.69) is 10.6 Å². The second-order valence-electron chi connectivity index (χ2n) is 5.69. The number of amides is 2. The number of carbonyl (C=O) groups is 2. The van der Waals surface area contributed by atoms with Crippen LogP contribution in [0.2, 0.25) is 5.02 Å². The molecular formula is C21H17ClN2O3. The van der Waals surface area contributed by atoms with Gasteiger partial charge in [-0.1, -0.05) is 23.7 Å². The molecule has 0 aliphatic heterocycles. The lowest BCUT2D eigenvalue weighted by Gasteiger charge is -2.10. The number of carbonyl (C=O) groups excluding carboxylic acids is 2. The minimum atomic E-state index is -0.268. The molecule has 0 bridgehead atoms. The Hall–Kier alpha value is -3.31. The molecule has 27 heavy (non-hydrogen) atoms. The molecule has 5 nitrogen and oxygen atoms in total. The molecule has 0 saturated carbocycles. The molecule has 2 N–H and O–H groups in total. The first-order chi connectivity index (χ1) is 13.1. The first-order valence-corrected chi connectivity index (χ1v) is 8.56. The number of methoxy groups -OCH3 is 1. The Morgan fingerprint density at radius 3 is 1.96 bits per heavy atom. The molecule has 3 rings (SSSR count). The quantitative estimate of drug-likeness (QED) is 0.664. The van der Waals surface area contributed by atoms with Crippen LogP contribution in [0.3, 0.4) is 0 Å². The van der Waals surface area contributed by atoms with Crippen molar-refractivity contribution in [3.8, 4) is 5.75 Å². The summed E-state index contributed by atoms with van der Waals surface area (Å²) in [5.41, 5.74) is 2.14. The van der Waals surface area contributed by atoms with Crippen molar-refractivity contribution < 1.29 is 14.3 Å². The van der Waals surface area contributed by atoms with Crippen molar-refractivity contribution in [2.45, 2.75) is 0 Å². The Kier molecular flexibility index (Phi) is 5.74. The molecule has 0 aliphatic rings. The molecule has 0 aliphatic carbocycles. The van der Waals surface area contributed by atoms with Crippen molar-refractivity contribution in [1.82, 2.24) is 0 Å². The third-order valence-electron chi connectivity index (χ3n) is 3.87. The molecule has 0 heterocycles. The molecule has 136 valence electrons. The van der Waals surface area contributed by atoms with Crippen LogP contribution in [-0.4, -0.2) is 18.9 Å². The number of hydrogen-bond donors (Lipinski definition) is 2. The van der Waals surface area contributed by atoms with Crippen LogP contribution < -0.4 is 15.4 Å². The fourth-order valence-electron chi connectivity index (χ4n) is 2.45. The zero-order valence-corrected chi connectivity index (χ0v) is 15.3. The molecule has 6 heteroatoms. The van der Waals surface area contributed by atoms with Gasteiger partial charge in [-0.05, 0) is 60.7 Å². The summed E-state index contributed by atoms with van der Waals surface area (Å²) in [6.45, 7) is 0. The largest absolute Gasteiger partial charge is 0.495 e. The maximum atomic E-state index is 12.4. The summed E-state index contributed by atoms with van der Waals surface area (Å²) in [6.07, 6.45) is 0. The van der Waals surface area contributed by atoms with E-state index in [9.17, 15) is 9.59 Å². The highest BCUT2D eigenvalue weighted by Crippen LogP contribution is 2.24. The van der Waals surface area contributed by atoms with E-state index in [-0.39, 0.29) is 11.8 Å². The zero-order valence-electron chi connectivity index (χ0n) is 14.5. The Bertz CT molecular complexity index is 954. The average Bonchev–Trinajstić information content (AvgIpc) is 2.69. The zero-order chi connectivity index (χ0) is 19.2. The van der Waals surface area contributed by atoms with Crippen molar-refractivity contribution in [1.29, 1.82) is 0 Å². The highest BCUT2D eigenvalue weighted by Gasteiger charge is 2.10. The van der Waals surface area contributed by atoms with Gasteiger partial charge in [0.25, 0.3) is 11.8 Å². The van der Waals surface area contributed by atoms with Crippen LogP contribution in [0.25, 0.3) is 0 Å². The number of benzene rings is 3. The minimum absolute atomic E-state index is 0.252. The number of ether oxygens (including phenoxy) is 1. The lowest BCUT2D eigenvalue weighted by molar-refractivity contribution is 0.101. The van der Waals surface area contributed by atoms with E-state index in [1.165, 1.54) is 0 Å². The molecule has 3 aromatic carbocycles. The fraction of sp³-hybridized carbons (Fsp3) is 0.0476. The number of halogens is 1. The van der Waals surface area contributed by atoms with Crippen LogP contribution in [0, 0.1) is 0 Å². The monoisotopic (exact) mass is 380 g/mol.